The van der Waals surface area contributed by atoms with Crippen molar-refractivity contribution in [3.63, 3.8) is 0 Å². The second kappa shape index (κ2) is 2.48. The topological polar surface area (TPSA) is 49.3 Å². The van der Waals surface area contributed by atoms with E-state index in [1.165, 1.54) is 0 Å². The van der Waals surface area contributed by atoms with Crippen LogP contribution < -0.4 is 5.32 Å². The molecule has 0 radical (unpaired) electrons. The molecule has 1 aliphatic carbocycles. The molecule has 0 heterocycles. The summed E-state index contributed by atoms with van der Waals surface area (Å²) in [5, 5.41) is 11.8. The van der Waals surface area contributed by atoms with Gasteiger partial charge in [-0.25, -0.2) is 0 Å². The maximum Gasteiger partial charge on any atom is 0.323 e. The van der Waals surface area contributed by atoms with Crippen molar-refractivity contribution in [2.24, 2.45) is 5.92 Å². The zero-order valence-electron chi connectivity index (χ0n) is 7.22. The minimum Gasteiger partial charge on any atom is -0.480 e. The van der Waals surface area contributed by atoms with Gasteiger partial charge >= 0.3 is 5.97 Å². The van der Waals surface area contributed by atoms with Gasteiger partial charge < -0.3 is 5.11 Å². The Morgan fingerprint density at radius 3 is 2.36 bits per heavy atom. The Kier molecular flexibility index (Phi) is 1.92. The molecule has 3 heteroatoms. The van der Waals surface area contributed by atoms with Crippen molar-refractivity contribution in [2.45, 2.75) is 38.8 Å². The Labute approximate surface area is 66.8 Å². The normalized spacial score (nSPS) is 30.1. The molecule has 2 N–H and O–H groups in total. The molecule has 0 bridgehead atoms. The summed E-state index contributed by atoms with van der Waals surface area (Å²) in [6, 6.07) is 0.418. The molecular weight excluding hydrogens is 142 g/mol. The van der Waals surface area contributed by atoms with Gasteiger partial charge in [-0.05, 0) is 26.2 Å². The van der Waals surface area contributed by atoms with E-state index in [9.17, 15) is 4.79 Å². The molecule has 1 saturated carbocycles. The van der Waals surface area contributed by atoms with E-state index in [1.54, 1.807) is 13.8 Å². The van der Waals surface area contributed by atoms with Gasteiger partial charge in [0.2, 0.25) is 0 Å². The number of rotatable bonds is 3. The van der Waals surface area contributed by atoms with Crippen LogP contribution in [0.15, 0.2) is 0 Å². The van der Waals surface area contributed by atoms with Gasteiger partial charge in [0.1, 0.15) is 5.54 Å². The van der Waals surface area contributed by atoms with Gasteiger partial charge in [-0.2, -0.15) is 0 Å². The molecule has 0 aromatic carbocycles. The van der Waals surface area contributed by atoms with Crippen molar-refractivity contribution in [1.82, 2.24) is 5.32 Å². The van der Waals surface area contributed by atoms with E-state index in [4.69, 9.17) is 5.11 Å². The minimum atomic E-state index is -0.781. The van der Waals surface area contributed by atoms with Crippen LogP contribution in [0.4, 0.5) is 0 Å². The highest BCUT2D eigenvalue weighted by Gasteiger charge is 2.39. The Balaban J connectivity index is 2.40. The predicted molar refractivity (Wildman–Crippen MR) is 42.4 cm³/mol. The van der Waals surface area contributed by atoms with Crippen molar-refractivity contribution in [3.05, 3.63) is 0 Å². The summed E-state index contributed by atoms with van der Waals surface area (Å²) in [7, 11) is 0. The highest BCUT2D eigenvalue weighted by atomic mass is 16.4. The van der Waals surface area contributed by atoms with Crippen molar-refractivity contribution in [2.75, 3.05) is 0 Å². The minimum absolute atomic E-state index is 0.418. The number of hydrogen-bond donors (Lipinski definition) is 2. The summed E-state index contributed by atoms with van der Waals surface area (Å²) in [6.45, 7) is 5.51. The summed E-state index contributed by atoms with van der Waals surface area (Å²) >= 11 is 0. The molecule has 3 nitrogen and oxygen atoms in total. The lowest BCUT2D eigenvalue weighted by Crippen LogP contribution is -2.48. The fourth-order valence-corrected chi connectivity index (χ4v) is 1.05. The molecule has 2 atom stereocenters. The van der Waals surface area contributed by atoms with Crippen LogP contribution in [0.2, 0.25) is 0 Å². The van der Waals surface area contributed by atoms with Crippen LogP contribution in [0.5, 0.6) is 0 Å². The molecule has 0 aromatic rings. The zero-order valence-corrected chi connectivity index (χ0v) is 7.22. The molecule has 0 spiro atoms. The highest BCUT2D eigenvalue weighted by molar-refractivity contribution is 5.77. The molecule has 0 saturated heterocycles. The van der Waals surface area contributed by atoms with Crippen LogP contribution in [0.25, 0.3) is 0 Å². The highest BCUT2D eigenvalue weighted by Crippen LogP contribution is 2.30. The Morgan fingerprint density at radius 2 is 2.09 bits per heavy atom. The summed E-state index contributed by atoms with van der Waals surface area (Å²) in [5.74, 6) is -0.134. The molecule has 64 valence electrons. The van der Waals surface area contributed by atoms with E-state index in [1.807, 2.05) is 0 Å². The molecule has 11 heavy (non-hydrogen) atoms. The van der Waals surface area contributed by atoms with E-state index in [0.717, 1.165) is 6.42 Å². The third-order valence-corrected chi connectivity index (χ3v) is 2.19. The number of aliphatic carboxylic acids is 1. The average molecular weight is 157 g/mol. The van der Waals surface area contributed by atoms with Crippen molar-refractivity contribution in [3.8, 4) is 0 Å². The third-order valence-electron chi connectivity index (χ3n) is 2.19. The van der Waals surface area contributed by atoms with E-state index >= 15 is 0 Å². The van der Waals surface area contributed by atoms with Crippen molar-refractivity contribution >= 4 is 5.97 Å². The van der Waals surface area contributed by atoms with Crippen LogP contribution in [0.1, 0.15) is 27.2 Å². The number of hydrogen-bond acceptors (Lipinski definition) is 2. The quantitative estimate of drug-likeness (QED) is 0.638. The first-order valence-corrected chi connectivity index (χ1v) is 3.94. The molecule has 1 rings (SSSR count). The van der Waals surface area contributed by atoms with E-state index in [0.29, 0.717) is 12.0 Å². The molecule has 0 aliphatic heterocycles. The van der Waals surface area contributed by atoms with Gasteiger partial charge in [-0.3, -0.25) is 10.1 Å². The monoisotopic (exact) mass is 157 g/mol. The zero-order chi connectivity index (χ0) is 8.65. The van der Waals surface area contributed by atoms with Crippen LogP contribution >= 0.6 is 0 Å². The van der Waals surface area contributed by atoms with Gasteiger partial charge in [-0.1, -0.05) is 6.92 Å². The maximum atomic E-state index is 10.6. The first kappa shape index (κ1) is 8.53. The second-order valence-corrected chi connectivity index (χ2v) is 3.89. The van der Waals surface area contributed by atoms with Crippen molar-refractivity contribution in [1.29, 1.82) is 0 Å². The van der Waals surface area contributed by atoms with Crippen LogP contribution in [0, 0.1) is 5.92 Å². The summed E-state index contributed by atoms with van der Waals surface area (Å²) in [4.78, 5) is 10.6. The van der Waals surface area contributed by atoms with E-state index in [-0.39, 0.29) is 0 Å². The Bertz CT molecular complexity index is 177. The van der Waals surface area contributed by atoms with Gasteiger partial charge in [0.15, 0.2) is 0 Å². The molecule has 0 aromatic heterocycles. The fourth-order valence-electron chi connectivity index (χ4n) is 1.05. The number of nitrogens with one attached hydrogen (secondary N) is 1. The van der Waals surface area contributed by atoms with Crippen molar-refractivity contribution < 1.29 is 9.90 Å². The smallest absolute Gasteiger partial charge is 0.323 e. The summed E-state index contributed by atoms with van der Waals surface area (Å²) in [5.41, 5.74) is -0.768. The van der Waals surface area contributed by atoms with E-state index < -0.39 is 11.5 Å². The molecule has 1 fully saturated rings. The van der Waals surface area contributed by atoms with Gasteiger partial charge in [0.05, 0.1) is 0 Å². The second-order valence-electron chi connectivity index (χ2n) is 3.89. The Morgan fingerprint density at radius 1 is 1.64 bits per heavy atom. The molecule has 1 aliphatic rings. The largest absolute Gasteiger partial charge is 0.480 e. The average Bonchev–Trinajstić information content (AvgIpc) is 2.45. The first-order chi connectivity index (χ1) is 4.93. The van der Waals surface area contributed by atoms with Crippen LogP contribution in [-0.2, 0) is 4.79 Å². The van der Waals surface area contributed by atoms with Crippen LogP contribution in [-0.4, -0.2) is 22.7 Å². The SMILES string of the molecule is CC1CC1NC(C)(C)C(=O)O. The molecular formula is C8H15NO2. The maximum absolute atomic E-state index is 10.6. The Hall–Kier alpha value is -0.570. The number of carboxylic acid groups (broad SMARTS) is 1. The standard InChI is InChI=1S/C8H15NO2/c1-5-4-6(5)9-8(2,3)7(10)11/h5-6,9H,4H2,1-3H3,(H,10,11). The van der Waals surface area contributed by atoms with Crippen LogP contribution in [0.3, 0.4) is 0 Å². The third kappa shape index (κ3) is 1.93. The van der Waals surface area contributed by atoms with Gasteiger partial charge in [0.25, 0.3) is 0 Å². The number of carbonyl (C=O) groups is 1. The predicted octanol–water partition coefficient (Wildman–Crippen LogP) is 0.848. The van der Waals surface area contributed by atoms with Gasteiger partial charge in [-0.15, -0.1) is 0 Å². The fraction of sp³-hybridized carbons (Fsp3) is 0.875. The summed E-state index contributed by atoms with van der Waals surface area (Å²) < 4.78 is 0. The molecule has 2 unspecified atom stereocenters. The van der Waals surface area contributed by atoms with E-state index in [2.05, 4.69) is 12.2 Å². The number of carboxylic acids is 1. The lowest BCUT2D eigenvalue weighted by atomic mass is 10.1. The first-order valence-electron chi connectivity index (χ1n) is 3.94. The summed E-state index contributed by atoms with van der Waals surface area (Å²) in [6.07, 6.45) is 1.11. The lowest BCUT2D eigenvalue weighted by molar-refractivity contribution is -0.143. The lowest BCUT2D eigenvalue weighted by Gasteiger charge is -2.20. The van der Waals surface area contributed by atoms with Gasteiger partial charge in [0, 0.05) is 6.04 Å². The molecule has 0 amide bonds.